The summed E-state index contributed by atoms with van der Waals surface area (Å²) < 4.78 is 16.4. The molecule has 136 valence electrons. The molecular formula is C19H21N3O4. The number of aromatic nitrogens is 1. The Balaban J connectivity index is 1.18. The molecule has 2 amide bonds. The van der Waals surface area contributed by atoms with Crippen LogP contribution in [0.15, 0.2) is 45.4 Å². The van der Waals surface area contributed by atoms with Crippen LogP contribution in [0.4, 0.5) is 10.5 Å². The lowest BCUT2D eigenvalue weighted by molar-refractivity contribution is 0.104. The lowest BCUT2D eigenvalue weighted by atomic mass is 10.3. The highest BCUT2D eigenvalue weighted by Gasteiger charge is 2.28. The Kier molecular flexibility index (Phi) is 4.88. The minimum atomic E-state index is -0.249. The standard InChI is InChI=1S/C19H21N3O4/c23-19(20-8-2-9-24-12-15-3-1-10-25-15)21-14-6-7-17-16(11-14)22-18(26-17)13-4-5-13/h1,3,6-7,10-11,13H,2,4-5,8-9,12H2,(H2,20,21,23). The third kappa shape index (κ3) is 4.23. The van der Waals surface area contributed by atoms with Crippen molar-refractivity contribution in [3.05, 3.63) is 48.2 Å². The van der Waals surface area contributed by atoms with E-state index in [1.165, 1.54) is 0 Å². The number of carbonyl (C=O) groups is 1. The van der Waals surface area contributed by atoms with Crippen molar-refractivity contribution in [2.75, 3.05) is 18.5 Å². The van der Waals surface area contributed by atoms with Gasteiger partial charge in [-0.05, 0) is 49.6 Å². The molecule has 1 aromatic carbocycles. The lowest BCUT2D eigenvalue weighted by Gasteiger charge is -2.07. The van der Waals surface area contributed by atoms with E-state index in [9.17, 15) is 4.79 Å². The van der Waals surface area contributed by atoms with Gasteiger partial charge in [-0.25, -0.2) is 9.78 Å². The Morgan fingerprint density at radius 1 is 1.31 bits per heavy atom. The number of furan rings is 1. The summed E-state index contributed by atoms with van der Waals surface area (Å²) >= 11 is 0. The van der Waals surface area contributed by atoms with E-state index in [2.05, 4.69) is 15.6 Å². The molecule has 1 fully saturated rings. The number of carbonyl (C=O) groups excluding carboxylic acids is 1. The molecule has 1 aliphatic rings. The van der Waals surface area contributed by atoms with E-state index in [4.69, 9.17) is 13.6 Å². The number of hydrogen-bond donors (Lipinski definition) is 2. The fourth-order valence-corrected chi connectivity index (χ4v) is 2.65. The largest absolute Gasteiger partial charge is 0.467 e. The van der Waals surface area contributed by atoms with Crippen LogP contribution in [0.25, 0.3) is 11.1 Å². The molecule has 2 aromatic heterocycles. The molecule has 2 N–H and O–H groups in total. The first-order chi connectivity index (χ1) is 12.8. The van der Waals surface area contributed by atoms with Gasteiger partial charge >= 0.3 is 6.03 Å². The number of oxazole rings is 1. The van der Waals surface area contributed by atoms with Gasteiger partial charge in [0.25, 0.3) is 0 Å². The Morgan fingerprint density at radius 2 is 2.23 bits per heavy atom. The highest BCUT2D eigenvalue weighted by Crippen LogP contribution is 2.40. The molecular weight excluding hydrogens is 334 g/mol. The molecule has 4 rings (SSSR count). The number of amides is 2. The number of nitrogens with zero attached hydrogens (tertiary/aromatic N) is 1. The first kappa shape index (κ1) is 16.7. The molecule has 1 aliphatic carbocycles. The summed E-state index contributed by atoms with van der Waals surface area (Å²) in [7, 11) is 0. The number of rotatable bonds is 8. The van der Waals surface area contributed by atoms with Crippen molar-refractivity contribution in [1.82, 2.24) is 10.3 Å². The van der Waals surface area contributed by atoms with Crippen LogP contribution in [0.1, 0.15) is 36.8 Å². The van der Waals surface area contributed by atoms with Crippen molar-refractivity contribution >= 4 is 22.8 Å². The third-order valence-corrected chi connectivity index (χ3v) is 4.16. The molecule has 7 heteroatoms. The fraction of sp³-hybridized carbons (Fsp3) is 0.368. The predicted octanol–water partition coefficient (Wildman–Crippen LogP) is 4.03. The molecule has 3 aromatic rings. The molecule has 0 saturated heterocycles. The van der Waals surface area contributed by atoms with Crippen LogP contribution in [0.2, 0.25) is 0 Å². The van der Waals surface area contributed by atoms with Gasteiger partial charge in [-0.1, -0.05) is 0 Å². The minimum absolute atomic E-state index is 0.249. The monoisotopic (exact) mass is 355 g/mol. The molecule has 0 aliphatic heterocycles. The normalized spacial score (nSPS) is 13.8. The van der Waals surface area contributed by atoms with Crippen molar-refractivity contribution < 1.29 is 18.4 Å². The molecule has 7 nitrogen and oxygen atoms in total. The van der Waals surface area contributed by atoms with Crippen LogP contribution in [0, 0.1) is 0 Å². The number of hydrogen-bond acceptors (Lipinski definition) is 5. The number of nitrogens with one attached hydrogen (secondary N) is 2. The lowest BCUT2D eigenvalue weighted by Crippen LogP contribution is -2.30. The summed E-state index contributed by atoms with van der Waals surface area (Å²) in [6, 6.07) is 8.93. The van der Waals surface area contributed by atoms with Gasteiger partial charge in [-0.15, -0.1) is 0 Å². The predicted molar refractivity (Wildman–Crippen MR) is 96.0 cm³/mol. The fourth-order valence-electron chi connectivity index (χ4n) is 2.65. The average molecular weight is 355 g/mol. The quantitative estimate of drug-likeness (QED) is 0.596. The van der Waals surface area contributed by atoms with E-state index < -0.39 is 0 Å². The second kappa shape index (κ2) is 7.61. The van der Waals surface area contributed by atoms with Crippen molar-refractivity contribution in [3.8, 4) is 0 Å². The van der Waals surface area contributed by atoms with Gasteiger partial charge in [0, 0.05) is 24.8 Å². The van der Waals surface area contributed by atoms with Gasteiger partial charge in [-0.3, -0.25) is 0 Å². The van der Waals surface area contributed by atoms with Crippen LogP contribution in [0.3, 0.4) is 0 Å². The summed E-state index contributed by atoms with van der Waals surface area (Å²) in [5.74, 6) is 2.07. The average Bonchev–Trinajstić information content (AvgIpc) is 3.19. The molecule has 2 heterocycles. The Labute approximate surface area is 150 Å². The molecule has 1 saturated carbocycles. The van der Waals surface area contributed by atoms with Crippen LogP contribution >= 0.6 is 0 Å². The number of benzene rings is 1. The third-order valence-electron chi connectivity index (χ3n) is 4.16. The molecule has 0 unspecified atom stereocenters. The maximum absolute atomic E-state index is 12.0. The van der Waals surface area contributed by atoms with Crippen molar-refractivity contribution in [2.45, 2.75) is 31.8 Å². The summed E-state index contributed by atoms with van der Waals surface area (Å²) in [5.41, 5.74) is 2.22. The zero-order chi connectivity index (χ0) is 17.8. The van der Waals surface area contributed by atoms with Crippen LogP contribution in [0.5, 0.6) is 0 Å². The van der Waals surface area contributed by atoms with E-state index >= 15 is 0 Å². The molecule has 0 radical (unpaired) electrons. The summed E-state index contributed by atoms with van der Waals surface area (Å²) in [4.78, 5) is 16.5. The molecule has 0 bridgehead atoms. The molecule has 26 heavy (non-hydrogen) atoms. The van der Waals surface area contributed by atoms with Crippen molar-refractivity contribution in [1.29, 1.82) is 0 Å². The van der Waals surface area contributed by atoms with E-state index in [-0.39, 0.29) is 6.03 Å². The van der Waals surface area contributed by atoms with Gasteiger partial charge in [0.15, 0.2) is 11.5 Å². The molecule has 0 atom stereocenters. The number of fused-ring (bicyclic) bond motifs is 1. The number of ether oxygens (including phenoxy) is 1. The van der Waals surface area contributed by atoms with Gasteiger partial charge in [0.1, 0.15) is 17.9 Å². The number of anilines is 1. The van der Waals surface area contributed by atoms with Gasteiger partial charge in [0.2, 0.25) is 0 Å². The van der Waals surface area contributed by atoms with E-state index in [0.717, 1.165) is 42.0 Å². The first-order valence-electron chi connectivity index (χ1n) is 8.83. The maximum Gasteiger partial charge on any atom is 0.319 e. The smallest absolute Gasteiger partial charge is 0.319 e. The highest BCUT2D eigenvalue weighted by molar-refractivity contribution is 5.91. The zero-order valence-corrected chi connectivity index (χ0v) is 14.4. The summed E-state index contributed by atoms with van der Waals surface area (Å²) in [6.45, 7) is 1.53. The van der Waals surface area contributed by atoms with Crippen molar-refractivity contribution in [3.63, 3.8) is 0 Å². The maximum atomic E-state index is 12.0. The van der Waals surface area contributed by atoms with Crippen molar-refractivity contribution in [2.24, 2.45) is 0 Å². The Hall–Kier alpha value is -2.80. The zero-order valence-electron chi connectivity index (χ0n) is 14.4. The molecule has 0 spiro atoms. The van der Waals surface area contributed by atoms with Crippen LogP contribution in [-0.2, 0) is 11.3 Å². The minimum Gasteiger partial charge on any atom is -0.467 e. The van der Waals surface area contributed by atoms with E-state index in [1.54, 1.807) is 6.26 Å². The number of urea groups is 1. The topological polar surface area (TPSA) is 89.5 Å². The van der Waals surface area contributed by atoms with Gasteiger partial charge in [0.05, 0.1) is 6.26 Å². The second-order valence-electron chi connectivity index (χ2n) is 6.38. The second-order valence-corrected chi connectivity index (χ2v) is 6.38. The van der Waals surface area contributed by atoms with Gasteiger partial charge < -0.3 is 24.2 Å². The Morgan fingerprint density at radius 3 is 3.04 bits per heavy atom. The highest BCUT2D eigenvalue weighted by atomic mass is 16.5. The first-order valence-corrected chi connectivity index (χ1v) is 8.83. The summed E-state index contributed by atoms with van der Waals surface area (Å²) in [6.07, 6.45) is 4.63. The Bertz CT molecular complexity index is 868. The van der Waals surface area contributed by atoms with E-state index in [1.807, 2.05) is 30.3 Å². The SMILES string of the molecule is O=C(NCCCOCc1ccco1)Nc1ccc2oc(C3CC3)nc2c1. The van der Waals surface area contributed by atoms with Crippen LogP contribution < -0.4 is 10.6 Å². The van der Waals surface area contributed by atoms with Gasteiger partial charge in [-0.2, -0.15) is 0 Å². The van der Waals surface area contributed by atoms with E-state index in [0.29, 0.717) is 31.4 Å². The summed E-state index contributed by atoms with van der Waals surface area (Å²) in [5, 5.41) is 5.62. The van der Waals surface area contributed by atoms with Crippen LogP contribution in [-0.4, -0.2) is 24.2 Å².